The number of carbonyl (C=O) groups is 1. The Kier molecular flexibility index (Phi) is 4.73. The number of aliphatic hydroxyl groups is 1. The van der Waals surface area contributed by atoms with Gasteiger partial charge in [0.05, 0.1) is 6.61 Å². The highest BCUT2D eigenvalue weighted by Gasteiger charge is 2.21. The molecule has 98 valence electrons. The molecular weight excluding hydrogens is 228 g/mol. The molecule has 1 heterocycles. The van der Waals surface area contributed by atoms with Gasteiger partial charge in [0.15, 0.2) is 5.78 Å². The molecule has 1 fully saturated rings. The zero-order chi connectivity index (χ0) is 12.8. The van der Waals surface area contributed by atoms with Gasteiger partial charge in [-0.05, 0) is 50.2 Å². The van der Waals surface area contributed by atoms with Crippen molar-refractivity contribution in [3.05, 3.63) is 29.8 Å². The molecule has 3 N–H and O–H groups in total. The Balaban J connectivity index is 1.97. The van der Waals surface area contributed by atoms with E-state index in [4.69, 9.17) is 5.11 Å². The SMILES string of the molecule is O=C(c1ccc(NCCO)cc1)C1CCNCC1. The number of nitrogens with one attached hydrogen (secondary N) is 2. The van der Waals surface area contributed by atoms with E-state index in [9.17, 15) is 4.79 Å². The van der Waals surface area contributed by atoms with Crippen molar-refractivity contribution in [3.8, 4) is 0 Å². The molecule has 4 heteroatoms. The second-order valence-electron chi connectivity index (χ2n) is 4.62. The van der Waals surface area contributed by atoms with Crippen LogP contribution in [-0.4, -0.2) is 37.1 Å². The smallest absolute Gasteiger partial charge is 0.166 e. The molecule has 0 radical (unpaired) electrons. The van der Waals surface area contributed by atoms with Gasteiger partial charge in [0.2, 0.25) is 0 Å². The average Bonchev–Trinajstić information content (AvgIpc) is 2.46. The molecule has 2 rings (SSSR count). The Morgan fingerprint density at radius 2 is 1.94 bits per heavy atom. The van der Waals surface area contributed by atoms with Crippen LogP contribution in [0.2, 0.25) is 0 Å². The van der Waals surface area contributed by atoms with E-state index in [1.54, 1.807) is 0 Å². The number of piperidine rings is 1. The van der Waals surface area contributed by atoms with Gasteiger partial charge in [0, 0.05) is 23.7 Å². The minimum atomic E-state index is 0.107. The first-order valence-electron chi connectivity index (χ1n) is 6.51. The molecule has 0 aliphatic carbocycles. The van der Waals surface area contributed by atoms with Crippen molar-refractivity contribution in [2.24, 2.45) is 5.92 Å². The second kappa shape index (κ2) is 6.52. The van der Waals surface area contributed by atoms with E-state index < -0.39 is 0 Å². The fourth-order valence-corrected chi connectivity index (χ4v) is 2.27. The van der Waals surface area contributed by atoms with Crippen molar-refractivity contribution < 1.29 is 9.90 Å². The predicted molar refractivity (Wildman–Crippen MR) is 71.9 cm³/mol. The lowest BCUT2D eigenvalue weighted by molar-refractivity contribution is 0.0895. The molecule has 0 spiro atoms. The molecule has 1 saturated heterocycles. The van der Waals surface area contributed by atoms with E-state index in [0.717, 1.165) is 37.2 Å². The van der Waals surface area contributed by atoms with E-state index in [1.165, 1.54) is 0 Å². The summed E-state index contributed by atoms with van der Waals surface area (Å²) in [6, 6.07) is 7.52. The van der Waals surface area contributed by atoms with E-state index in [2.05, 4.69) is 10.6 Å². The molecule has 0 amide bonds. The van der Waals surface area contributed by atoms with Crippen LogP contribution in [0, 0.1) is 5.92 Å². The van der Waals surface area contributed by atoms with Gasteiger partial charge in [-0.3, -0.25) is 4.79 Å². The molecule has 0 saturated carbocycles. The van der Waals surface area contributed by atoms with E-state index in [0.29, 0.717) is 6.54 Å². The Labute approximate surface area is 107 Å². The van der Waals surface area contributed by atoms with E-state index >= 15 is 0 Å². The van der Waals surface area contributed by atoms with Crippen LogP contribution in [0.3, 0.4) is 0 Å². The lowest BCUT2D eigenvalue weighted by Gasteiger charge is -2.21. The maximum absolute atomic E-state index is 12.2. The highest BCUT2D eigenvalue weighted by atomic mass is 16.3. The predicted octanol–water partition coefficient (Wildman–Crippen LogP) is 1.27. The lowest BCUT2D eigenvalue weighted by Crippen LogP contribution is -2.31. The van der Waals surface area contributed by atoms with E-state index in [-0.39, 0.29) is 18.3 Å². The first-order valence-corrected chi connectivity index (χ1v) is 6.51. The van der Waals surface area contributed by atoms with Gasteiger partial charge < -0.3 is 15.7 Å². The summed E-state index contributed by atoms with van der Waals surface area (Å²) in [6.07, 6.45) is 1.87. The highest BCUT2D eigenvalue weighted by Crippen LogP contribution is 2.19. The van der Waals surface area contributed by atoms with Crippen molar-refractivity contribution in [2.45, 2.75) is 12.8 Å². The summed E-state index contributed by atoms with van der Waals surface area (Å²) in [5.41, 5.74) is 1.72. The standard InChI is InChI=1S/C14H20N2O2/c17-10-9-16-13-3-1-11(2-4-13)14(18)12-5-7-15-8-6-12/h1-4,12,15-17H,5-10H2. The maximum atomic E-state index is 12.2. The Hall–Kier alpha value is -1.39. The molecule has 0 aromatic heterocycles. The Bertz CT molecular complexity index is 383. The van der Waals surface area contributed by atoms with Crippen LogP contribution >= 0.6 is 0 Å². The monoisotopic (exact) mass is 248 g/mol. The van der Waals surface area contributed by atoms with Gasteiger partial charge in [-0.15, -0.1) is 0 Å². The van der Waals surface area contributed by atoms with Crippen molar-refractivity contribution in [2.75, 3.05) is 31.6 Å². The topological polar surface area (TPSA) is 61.4 Å². The maximum Gasteiger partial charge on any atom is 0.166 e. The third-order valence-corrected chi connectivity index (χ3v) is 3.32. The largest absolute Gasteiger partial charge is 0.395 e. The number of Topliss-reactive ketones (excluding diaryl/α,β-unsaturated/α-hetero) is 1. The van der Waals surface area contributed by atoms with Gasteiger partial charge in [-0.1, -0.05) is 0 Å². The number of hydrogen-bond donors (Lipinski definition) is 3. The fourth-order valence-electron chi connectivity index (χ4n) is 2.27. The van der Waals surface area contributed by atoms with Crippen molar-refractivity contribution >= 4 is 11.5 Å². The molecule has 1 aliphatic rings. The van der Waals surface area contributed by atoms with Gasteiger partial charge in [0.25, 0.3) is 0 Å². The van der Waals surface area contributed by atoms with Crippen LogP contribution < -0.4 is 10.6 Å². The summed E-state index contributed by atoms with van der Waals surface area (Å²) >= 11 is 0. The first-order chi connectivity index (χ1) is 8.81. The third kappa shape index (κ3) is 3.31. The normalized spacial score (nSPS) is 16.5. The molecule has 1 aromatic carbocycles. The Morgan fingerprint density at radius 3 is 2.56 bits per heavy atom. The van der Waals surface area contributed by atoms with Gasteiger partial charge in [0.1, 0.15) is 0 Å². The van der Waals surface area contributed by atoms with Crippen molar-refractivity contribution in [1.82, 2.24) is 5.32 Å². The molecule has 4 nitrogen and oxygen atoms in total. The first kappa shape index (κ1) is 13.1. The minimum absolute atomic E-state index is 0.107. The van der Waals surface area contributed by atoms with Crippen LogP contribution in [-0.2, 0) is 0 Å². The summed E-state index contributed by atoms with van der Waals surface area (Å²) in [7, 11) is 0. The lowest BCUT2D eigenvalue weighted by atomic mass is 9.89. The fraction of sp³-hybridized carbons (Fsp3) is 0.500. The van der Waals surface area contributed by atoms with Crippen LogP contribution in [0.25, 0.3) is 0 Å². The number of ketones is 1. The van der Waals surface area contributed by atoms with Gasteiger partial charge in [-0.2, -0.15) is 0 Å². The summed E-state index contributed by atoms with van der Waals surface area (Å²) in [4.78, 5) is 12.2. The number of rotatable bonds is 5. The molecule has 0 unspecified atom stereocenters. The second-order valence-corrected chi connectivity index (χ2v) is 4.62. The number of aliphatic hydroxyl groups excluding tert-OH is 1. The number of benzene rings is 1. The van der Waals surface area contributed by atoms with Crippen LogP contribution in [0.4, 0.5) is 5.69 Å². The molecule has 18 heavy (non-hydrogen) atoms. The van der Waals surface area contributed by atoms with Crippen molar-refractivity contribution in [1.29, 1.82) is 0 Å². The third-order valence-electron chi connectivity index (χ3n) is 3.32. The quantitative estimate of drug-likeness (QED) is 0.687. The number of carbonyl (C=O) groups excluding carboxylic acids is 1. The molecule has 0 atom stereocenters. The zero-order valence-electron chi connectivity index (χ0n) is 10.5. The molecule has 0 bridgehead atoms. The van der Waals surface area contributed by atoms with Crippen LogP contribution in [0.5, 0.6) is 0 Å². The number of anilines is 1. The minimum Gasteiger partial charge on any atom is -0.395 e. The Morgan fingerprint density at radius 1 is 1.28 bits per heavy atom. The molecular formula is C14H20N2O2. The van der Waals surface area contributed by atoms with Crippen molar-refractivity contribution in [3.63, 3.8) is 0 Å². The van der Waals surface area contributed by atoms with Crippen LogP contribution in [0.15, 0.2) is 24.3 Å². The highest BCUT2D eigenvalue weighted by molar-refractivity contribution is 5.98. The summed E-state index contributed by atoms with van der Waals surface area (Å²) in [5.74, 6) is 0.424. The van der Waals surface area contributed by atoms with Gasteiger partial charge in [-0.25, -0.2) is 0 Å². The average molecular weight is 248 g/mol. The van der Waals surface area contributed by atoms with E-state index in [1.807, 2.05) is 24.3 Å². The summed E-state index contributed by atoms with van der Waals surface area (Å²) < 4.78 is 0. The van der Waals surface area contributed by atoms with Gasteiger partial charge >= 0.3 is 0 Å². The number of hydrogen-bond acceptors (Lipinski definition) is 4. The zero-order valence-corrected chi connectivity index (χ0v) is 10.5. The summed E-state index contributed by atoms with van der Waals surface area (Å²) in [5, 5.41) is 15.1. The van der Waals surface area contributed by atoms with Crippen LogP contribution in [0.1, 0.15) is 23.2 Å². The molecule has 1 aliphatic heterocycles. The molecule has 1 aromatic rings. The summed E-state index contributed by atoms with van der Waals surface area (Å²) in [6.45, 7) is 2.51.